The molecule has 2 amide bonds. The zero-order valence-corrected chi connectivity index (χ0v) is 23.0. The van der Waals surface area contributed by atoms with Crippen LogP contribution in [0.25, 0.3) is 0 Å². The largest absolute Gasteiger partial charge is 0.493 e. The van der Waals surface area contributed by atoms with Crippen molar-refractivity contribution in [1.29, 1.82) is 0 Å². The van der Waals surface area contributed by atoms with Gasteiger partial charge in [-0.05, 0) is 56.2 Å². The molecular weight excluding hydrogens is 511 g/mol. The van der Waals surface area contributed by atoms with Crippen molar-refractivity contribution in [2.75, 3.05) is 13.7 Å². The van der Waals surface area contributed by atoms with E-state index in [9.17, 15) is 9.59 Å². The van der Waals surface area contributed by atoms with Crippen LogP contribution in [0.3, 0.4) is 0 Å². The molecule has 0 aliphatic carbocycles. The Balaban J connectivity index is 1.97. The summed E-state index contributed by atoms with van der Waals surface area (Å²) in [5.41, 5.74) is 1.09. The van der Waals surface area contributed by atoms with Crippen LogP contribution in [-0.2, 0) is 22.6 Å². The lowest BCUT2D eigenvalue weighted by molar-refractivity contribution is -0.143. The highest BCUT2D eigenvalue weighted by molar-refractivity contribution is 6.35. The zero-order chi connectivity index (χ0) is 27.0. The molecule has 196 valence electrons. The number of nitrogens with zero attached hydrogens (tertiary/aromatic N) is 1. The maximum Gasteiger partial charge on any atom is 0.261 e. The quantitative estimate of drug-likeness (QED) is 0.344. The van der Waals surface area contributed by atoms with Crippen molar-refractivity contribution in [2.45, 2.75) is 45.3 Å². The number of halogens is 2. The van der Waals surface area contributed by atoms with Crippen molar-refractivity contribution < 1.29 is 19.1 Å². The number of ether oxygens (including phenoxy) is 2. The Morgan fingerprint density at radius 1 is 0.946 bits per heavy atom. The number of carbonyl (C=O) groups is 2. The van der Waals surface area contributed by atoms with Gasteiger partial charge in [-0.2, -0.15) is 0 Å². The second-order valence-electron chi connectivity index (χ2n) is 9.64. The van der Waals surface area contributed by atoms with Crippen LogP contribution in [0.4, 0.5) is 0 Å². The number of methoxy groups -OCH3 is 1. The van der Waals surface area contributed by atoms with E-state index in [2.05, 4.69) is 5.32 Å². The van der Waals surface area contributed by atoms with E-state index in [-0.39, 0.29) is 25.0 Å². The molecule has 0 aliphatic heterocycles. The molecule has 0 aromatic heterocycles. The highest BCUT2D eigenvalue weighted by Crippen LogP contribution is 2.27. The summed E-state index contributed by atoms with van der Waals surface area (Å²) in [5.74, 6) is 0.296. The summed E-state index contributed by atoms with van der Waals surface area (Å²) < 4.78 is 11.2. The summed E-state index contributed by atoms with van der Waals surface area (Å²) >= 11 is 12.6. The highest BCUT2D eigenvalue weighted by atomic mass is 35.5. The van der Waals surface area contributed by atoms with Gasteiger partial charge in [0.15, 0.2) is 18.1 Å². The molecule has 37 heavy (non-hydrogen) atoms. The minimum atomic E-state index is -0.817. The number of hydrogen-bond donors (Lipinski definition) is 1. The van der Waals surface area contributed by atoms with E-state index in [1.807, 2.05) is 57.2 Å². The van der Waals surface area contributed by atoms with E-state index in [0.717, 1.165) is 5.56 Å². The third-order valence-corrected chi connectivity index (χ3v) is 6.13. The first kappa shape index (κ1) is 28.4. The average Bonchev–Trinajstić information content (AvgIpc) is 2.85. The number of amides is 2. The molecule has 3 aromatic carbocycles. The van der Waals surface area contributed by atoms with Gasteiger partial charge in [0.1, 0.15) is 6.04 Å². The van der Waals surface area contributed by atoms with Crippen molar-refractivity contribution in [1.82, 2.24) is 10.2 Å². The molecule has 8 heteroatoms. The molecule has 0 unspecified atom stereocenters. The van der Waals surface area contributed by atoms with Crippen molar-refractivity contribution in [2.24, 2.45) is 0 Å². The predicted octanol–water partition coefficient (Wildman–Crippen LogP) is 5.94. The van der Waals surface area contributed by atoms with Gasteiger partial charge in [-0.1, -0.05) is 71.7 Å². The molecule has 0 spiro atoms. The Bertz CT molecular complexity index is 1210. The Morgan fingerprint density at radius 2 is 1.59 bits per heavy atom. The van der Waals surface area contributed by atoms with Gasteiger partial charge in [0.05, 0.1) is 7.11 Å². The van der Waals surface area contributed by atoms with Crippen molar-refractivity contribution in [3.63, 3.8) is 0 Å². The molecule has 1 N–H and O–H groups in total. The molecule has 0 aliphatic rings. The first-order valence-corrected chi connectivity index (χ1v) is 12.7. The summed E-state index contributed by atoms with van der Waals surface area (Å²) in [6.45, 7) is 5.51. The van der Waals surface area contributed by atoms with Crippen LogP contribution in [0.1, 0.15) is 31.9 Å². The van der Waals surface area contributed by atoms with Gasteiger partial charge >= 0.3 is 0 Å². The Labute approximate surface area is 228 Å². The lowest BCUT2D eigenvalue weighted by Gasteiger charge is -2.34. The highest BCUT2D eigenvalue weighted by Gasteiger charge is 2.33. The van der Waals surface area contributed by atoms with Crippen LogP contribution in [0.2, 0.25) is 10.0 Å². The van der Waals surface area contributed by atoms with Crippen molar-refractivity contribution in [3.8, 4) is 11.5 Å². The molecule has 0 fully saturated rings. The van der Waals surface area contributed by atoms with E-state index in [1.165, 1.54) is 12.0 Å². The van der Waals surface area contributed by atoms with Gasteiger partial charge < -0.3 is 19.7 Å². The lowest BCUT2D eigenvalue weighted by atomic mass is 10.0. The molecule has 0 saturated heterocycles. The number of rotatable bonds is 10. The van der Waals surface area contributed by atoms with Crippen LogP contribution in [0, 0.1) is 0 Å². The second kappa shape index (κ2) is 12.8. The molecule has 3 aromatic rings. The first-order valence-electron chi connectivity index (χ1n) is 11.9. The molecule has 0 bridgehead atoms. The number of hydrogen-bond acceptors (Lipinski definition) is 4. The fraction of sp³-hybridized carbons (Fsp3) is 0.310. The van der Waals surface area contributed by atoms with Crippen molar-refractivity contribution in [3.05, 3.63) is 94.0 Å². The summed E-state index contributed by atoms with van der Waals surface area (Å²) in [6.07, 6.45) is 0.314. The first-order chi connectivity index (χ1) is 17.6. The third kappa shape index (κ3) is 8.41. The Hall–Kier alpha value is -3.22. The summed E-state index contributed by atoms with van der Waals surface area (Å²) in [5, 5.41) is 3.92. The number of benzene rings is 3. The average molecular weight is 543 g/mol. The van der Waals surface area contributed by atoms with Crippen LogP contribution in [0.5, 0.6) is 11.5 Å². The van der Waals surface area contributed by atoms with Gasteiger partial charge in [-0.3, -0.25) is 9.59 Å². The second-order valence-corrected chi connectivity index (χ2v) is 10.5. The monoisotopic (exact) mass is 542 g/mol. The molecule has 0 heterocycles. The minimum absolute atomic E-state index is 0.0964. The summed E-state index contributed by atoms with van der Waals surface area (Å²) in [7, 11) is 1.53. The fourth-order valence-electron chi connectivity index (χ4n) is 3.80. The molecule has 1 atom stereocenters. The smallest absolute Gasteiger partial charge is 0.261 e. The molecule has 3 rings (SSSR count). The van der Waals surface area contributed by atoms with Crippen LogP contribution < -0.4 is 14.8 Å². The molecule has 0 radical (unpaired) electrons. The fourth-order valence-corrected chi connectivity index (χ4v) is 4.27. The summed E-state index contributed by atoms with van der Waals surface area (Å²) in [4.78, 5) is 28.8. The zero-order valence-electron chi connectivity index (χ0n) is 21.5. The molecule has 0 saturated carbocycles. The van der Waals surface area contributed by atoms with E-state index in [1.54, 1.807) is 36.4 Å². The lowest BCUT2D eigenvalue weighted by Crippen LogP contribution is -2.55. The summed E-state index contributed by atoms with van der Waals surface area (Å²) in [6, 6.07) is 20.9. The van der Waals surface area contributed by atoms with Crippen LogP contribution in [0.15, 0.2) is 72.8 Å². The van der Waals surface area contributed by atoms with Gasteiger partial charge in [-0.15, -0.1) is 0 Å². The van der Waals surface area contributed by atoms with Crippen molar-refractivity contribution >= 4 is 35.0 Å². The van der Waals surface area contributed by atoms with Crippen LogP contribution in [-0.4, -0.2) is 42.0 Å². The Morgan fingerprint density at radius 3 is 2.22 bits per heavy atom. The van der Waals surface area contributed by atoms with Gasteiger partial charge in [0, 0.05) is 28.5 Å². The van der Waals surface area contributed by atoms with Gasteiger partial charge in [0.2, 0.25) is 5.91 Å². The molecule has 6 nitrogen and oxygen atoms in total. The third-order valence-electron chi connectivity index (χ3n) is 5.55. The number of nitrogens with one attached hydrogen (secondary N) is 1. The van der Waals surface area contributed by atoms with E-state index < -0.39 is 11.6 Å². The van der Waals surface area contributed by atoms with Gasteiger partial charge in [0.25, 0.3) is 5.91 Å². The normalized spacial score (nSPS) is 11.9. The maximum atomic E-state index is 13.7. The number of carbonyl (C=O) groups excluding carboxylic acids is 2. The van der Waals surface area contributed by atoms with E-state index in [4.69, 9.17) is 32.7 Å². The maximum absolute atomic E-state index is 13.7. The van der Waals surface area contributed by atoms with E-state index in [0.29, 0.717) is 33.5 Å². The topological polar surface area (TPSA) is 67.9 Å². The van der Waals surface area contributed by atoms with Gasteiger partial charge in [-0.25, -0.2) is 0 Å². The SMILES string of the molecule is COc1ccccc1OCC(=O)N(Cc1ccc(Cl)cc1Cl)[C@@H](Cc1ccccc1)C(=O)NC(C)(C)C. The number of para-hydroxylation sites is 2. The Kier molecular flexibility index (Phi) is 9.84. The standard InChI is InChI=1S/C29H32Cl2N2O4/c1-29(2,3)32-28(35)24(16-20-10-6-5-7-11-20)33(18-21-14-15-22(30)17-23(21)31)27(34)19-37-26-13-9-8-12-25(26)36-4/h5-15,17,24H,16,18-19H2,1-4H3,(H,32,35)/t24-/m0/s1. The molecular formula is C29H32Cl2N2O4. The minimum Gasteiger partial charge on any atom is -0.493 e. The van der Waals surface area contributed by atoms with E-state index >= 15 is 0 Å². The predicted molar refractivity (Wildman–Crippen MR) is 147 cm³/mol. The van der Waals surface area contributed by atoms with Crippen LogP contribution >= 0.6 is 23.2 Å².